The molecule has 0 aliphatic carbocycles. The zero-order chi connectivity index (χ0) is 13.0. The Kier molecular flexibility index (Phi) is 4.74. The minimum atomic E-state index is -0.349. The lowest BCUT2D eigenvalue weighted by Crippen LogP contribution is -2.35. The van der Waals surface area contributed by atoms with Crippen LogP contribution in [0.4, 0.5) is 0 Å². The third kappa shape index (κ3) is 3.80. The van der Waals surface area contributed by atoms with Crippen molar-refractivity contribution in [3.8, 4) is 0 Å². The molecule has 2 atom stereocenters. The van der Waals surface area contributed by atoms with Crippen LogP contribution in [0, 0.1) is 5.92 Å². The summed E-state index contributed by atoms with van der Waals surface area (Å²) in [6.45, 7) is 1.91. The molecule has 1 aliphatic rings. The Hall–Kier alpha value is -0.910. The van der Waals surface area contributed by atoms with E-state index in [-0.39, 0.29) is 17.9 Å². The van der Waals surface area contributed by atoms with Gasteiger partial charge in [0, 0.05) is 30.0 Å². The Morgan fingerprint density at radius 3 is 2.72 bits per heavy atom. The molecule has 1 heterocycles. The van der Waals surface area contributed by atoms with E-state index in [2.05, 4.69) is 26.6 Å². The number of nitrogens with one attached hydrogen (secondary N) is 2. The number of amides is 1. The maximum atomic E-state index is 11.7. The van der Waals surface area contributed by atoms with Crippen molar-refractivity contribution >= 4 is 21.8 Å². The maximum Gasteiger partial charge on any atom is 0.224 e. The molecule has 18 heavy (non-hydrogen) atoms. The summed E-state index contributed by atoms with van der Waals surface area (Å²) in [5.41, 5.74) is 0.987. The SMILES string of the molecule is O=C(Cc1ccc(Br)cc1)NCC1CNCC1O. The van der Waals surface area contributed by atoms with E-state index in [9.17, 15) is 9.90 Å². The van der Waals surface area contributed by atoms with Crippen LogP contribution in [0.5, 0.6) is 0 Å². The van der Waals surface area contributed by atoms with Crippen molar-refractivity contribution in [1.29, 1.82) is 0 Å². The van der Waals surface area contributed by atoms with Crippen LogP contribution in [0.3, 0.4) is 0 Å². The number of β-amino-alcohol motifs (C(OH)–C–C–N with tert-alkyl or cyclic N) is 1. The maximum absolute atomic E-state index is 11.7. The van der Waals surface area contributed by atoms with Crippen LogP contribution in [0.15, 0.2) is 28.7 Å². The largest absolute Gasteiger partial charge is 0.391 e. The molecular formula is C13H17BrN2O2. The summed E-state index contributed by atoms with van der Waals surface area (Å²) in [7, 11) is 0. The van der Waals surface area contributed by atoms with Crippen molar-refractivity contribution in [3.63, 3.8) is 0 Å². The molecule has 1 aromatic carbocycles. The Morgan fingerprint density at radius 2 is 2.11 bits per heavy atom. The summed E-state index contributed by atoms with van der Waals surface area (Å²) < 4.78 is 1.01. The summed E-state index contributed by atoms with van der Waals surface area (Å²) in [6, 6.07) is 7.70. The van der Waals surface area contributed by atoms with Crippen LogP contribution in [0.1, 0.15) is 5.56 Å². The summed E-state index contributed by atoms with van der Waals surface area (Å²) in [6.07, 6.45) is 0.0294. The first-order chi connectivity index (χ1) is 8.65. The molecule has 98 valence electrons. The fourth-order valence-corrected chi connectivity index (χ4v) is 2.29. The fourth-order valence-electron chi connectivity index (χ4n) is 2.02. The quantitative estimate of drug-likeness (QED) is 0.766. The first-order valence-corrected chi connectivity index (χ1v) is 6.84. The molecular weight excluding hydrogens is 296 g/mol. The summed E-state index contributed by atoms with van der Waals surface area (Å²) in [5.74, 6) is 0.121. The monoisotopic (exact) mass is 312 g/mol. The van der Waals surface area contributed by atoms with Crippen LogP contribution in [-0.4, -0.2) is 36.8 Å². The molecule has 0 aromatic heterocycles. The van der Waals surface area contributed by atoms with Gasteiger partial charge in [0.1, 0.15) is 0 Å². The number of hydrogen-bond acceptors (Lipinski definition) is 3. The lowest BCUT2D eigenvalue weighted by Gasteiger charge is -2.14. The van der Waals surface area contributed by atoms with Gasteiger partial charge in [-0.05, 0) is 17.7 Å². The molecule has 2 unspecified atom stereocenters. The average molecular weight is 313 g/mol. The number of aliphatic hydroxyl groups excluding tert-OH is 1. The van der Waals surface area contributed by atoms with Crippen molar-refractivity contribution in [3.05, 3.63) is 34.3 Å². The van der Waals surface area contributed by atoms with Crippen LogP contribution in [0.25, 0.3) is 0 Å². The van der Waals surface area contributed by atoms with Gasteiger partial charge in [-0.2, -0.15) is 0 Å². The van der Waals surface area contributed by atoms with Gasteiger partial charge in [-0.1, -0.05) is 28.1 Å². The highest BCUT2D eigenvalue weighted by atomic mass is 79.9. The van der Waals surface area contributed by atoms with Crippen molar-refractivity contribution in [2.45, 2.75) is 12.5 Å². The Morgan fingerprint density at radius 1 is 1.39 bits per heavy atom. The molecule has 1 aromatic rings. The second-order valence-corrected chi connectivity index (χ2v) is 5.51. The van der Waals surface area contributed by atoms with Crippen LogP contribution in [-0.2, 0) is 11.2 Å². The lowest BCUT2D eigenvalue weighted by atomic mass is 10.1. The summed E-state index contributed by atoms with van der Waals surface area (Å²) in [4.78, 5) is 11.7. The van der Waals surface area contributed by atoms with Crippen LogP contribution >= 0.6 is 15.9 Å². The topological polar surface area (TPSA) is 61.4 Å². The van der Waals surface area contributed by atoms with Gasteiger partial charge < -0.3 is 15.7 Å². The number of carbonyl (C=O) groups excluding carboxylic acids is 1. The van der Waals surface area contributed by atoms with Crippen molar-refractivity contribution in [2.24, 2.45) is 5.92 Å². The Bertz CT molecular complexity index is 408. The van der Waals surface area contributed by atoms with Gasteiger partial charge in [-0.25, -0.2) is 0 Å². The zero-order valence-electron chi connectivity index (χ0n) is 10.0. The van der Waals surface area contributed by atoms with Crippen molar-refractivity contribution < 1.29 is 9.90 Å². The van der Waals surface area contributed by atoms with E-state index in [1.54, 1.807) is 0 Å². The van der Waals surface area contributed by atoms with Gasteiger partial charge >= 0.3 is 0 Å². The Balaban J connectivity index is 1.76. The molecule has 0 radical (unpaired) electrons. The average Bonchev–Trinajstić information content (AvgIpc) is 2.75. The lowest BCUT2D eigenvalue weighted by molar-refractivity contribution is -0.120. The smallest absolute Gasteiger partial charge is 0.224 e. The molecule has 1 saturated heterocycles. The number of aliphatic hydroxyl groups is 1. The van der Waals surface area contributed by atoms with Gasteiger partial charge in [0.05, 0.1) is 12.5 Å². The van der Waals surface area contributed by atoms with Crippen molar-refractivity contribution in [1.82, 2.24) is 10.6 Å². The van der Waals surface area contributed by atoms with E-state index in [1.807, 2.05) is 24.3 Å². The summed E-state index contributed by atoms with van der Waals surface area (Å²) in [5, 5.41) is 15.6. The van der Waals surface area contributed by atoms with Gasteiger partial charge in [0.25, 0.3) is 0 Å². The number of benzene rings is 1. The highest BCUT2D eigenvalue weighted by Gasteiger charge is 2.24. The third-order valence-electron chi connectivity index (χ3n) is 3.14. The highest BCUT2D eigenvalue weighted by Crippen LogP contribution is 2.11. The molecule has 0 spiro atoms. The molecule has 2 rings (SSSR count). The predicted octanol–water partition coefficient (Wildman–Crippen LogP) is 0.688. The normalized spacial score (nSPS) is 23.0. The minimum absolute atomic E-state index is 0.00331. The molecule has 0 bridgehead atoms. The second kappa shape index (κ2) is 6.31. The van der Waals surface area contributed by atoms with E-state index in [0.29, 0.717) is 19.5 Å². The minimum Gasteiger partial charge on any atom is -0.391 e. The number of carbonyl (C=O) groups is 1. The molecule has 1 aliphatic heterocycles. The van der Waals surface area contributed by atoms with E-state index in [4.69, 9.17) is 0 Å². The number of rotatable bonds is 4. The summed E-state index contributed by atoms with van der Waals surface area (Å²) >= 11 is 3.36. The molecule has 5 heteroatoms. The van der Waals surface area contributed by atoms with Crippen LogP contribution in [0.2, 0.25) is 0 Å². The van der Waals surface area contributed by atoms with E-state index in [0.717, 1.165) is 16.6 Å². The number of hydrogen-bond donors (Lipinski definition) is 3. The van der Waals surface area contributed by atoms with Gasteiger partial charge in [-0.15, -0.1) is 0 Å². The molecule has 1 fully saturated rings. The molecule has 3 N–H and O–H groups in total. The van der Waals surface area contributed by atoms with Crippen molar-refractivity contribution in [2.75, 3.05) is 19.6 Å². The van der Waals surface area contributed by atoms with Crippen LogP contribution < -0.4 is 10.6 Å². The highest BCUT2D eigenvalue weighted by molar-refractivity contribution is 9.10. The number of halogens is 1. The second-order valence-electron chi connectivity index (χ2n) is 4.59. The molecule has 0 saturated carbocycles. The van der Waals surface area contributed by atoms with Gasteiger partial charge in [0.2, 0.25) is 5.91 Å². The Labute approximate surface area is 115 Å². The van der Waals surface area contributed by atoms with Gasteiger partial charge in [0.15, 0.2) is 0 Å². The van der Waals surface area contributed by atoms with E-state index in [1.165, 1.54) is 0 Å². The van der Waals surface area contributed by atoms with E-state index >= 15 is 0 Å². The fraction of sp³-hybridized carbons (Fsp3) is 0.462. The standard InChI is InChI=1S/C13H17BrN2O2/c14-11-3-1-9(2-4-11)5-13(18)16-7-10-6-15-8-12(10)17/h1-4,10,12,15,17H,5-8H2,(H,16,18). The zero-order valence-corrected chi connectivity index (χ0v) is 11.6. The first-order valence-electron chi connectivity index (χ1n) is 6.05. The first kappa shape index (κ1) is 13.5. The molecule has 1 amide bonds. The molecule has 4 nitrogen and oxygen atoms in total. The third-order valence-corrected chi connectivity index (χ3v) is 3.67. The predicted molar refractivity (Wildman–Crippen MR) is 73.2 cm³/mol. The van der Waals surface area contributed by atoms with E-state index < -0.39 is 0 Å². The van der Waals surface area contributed by atoms with Gasteiger partial charge in [-0.3, -0.25) is 4.79 Å².